The number of nitrogens with one attached hydrogen (secondary N) is 1. The van der Waals surface area contributed by atoms with Gasteiger partial charge in [-0.05, 0) is 12.1 Å². The third-order valence-electron chi connectivity index (χ3n) is 4.42. The summed E-state index contributed by atoms with van der Waals surface area (Å²) < 4.78 is 10.1. The van der Waals surface area contributed by atoms with Crippen molar-refractivity contribution in [1.82, 2.24) is 10.2 Å². The second-order valence-corrected chi connectivity index (χ2v) is 7.42. The molecule has 6 N–H and O–H groups in total. The van der Waals surface area contributed by atoms with E-state index in [1.54, 1.807) is 6.07 Å². The number of hydrogen-bond donors (Lipinski definition) is 4. The van der Waals surface area contributed by atoms with E-state index < -0.39 is 35.3 Å². The van der Waals surface area contributed by atoms with Crippen LogP contribution in [0.5, 0.6) is 0 Å². The van der Waals surface area contributed by atoms with Crippen LogP contribution in [0.4, 0.5) is 4.79 Å². The molecular weight excluding hydrogens is 434 g/mol. The minimum Gasteiger partial charge on any atom is -0.477 e. The van der Waals surface area contributed by atoms with Gasteiger partial charge in [0.2, 0.25) is 5.71 Å². The number of carbonyl (C=O) groups is 4. The maximum atomic E-state index is 12.7. The van der Waals surface area contributed by atoms with Gasteiger partial charge in [-0.3, -0.25) is 14.5 Å². The Kier molecular flexibility index (Phi) is 6.50. The van der Waals surface area contributed by atoms with E-state index in [1.807, 2.05) is 0 Å². The molecule has 3 amide bonds. The number of carboxylic acids is 1. The van der Waals surface area contributed by atoms with Gasteiger partial charge in [-0.2, -0.15) is 0 Å². The number of nitrogens with zero attached hydrogens (tertiary/aromatic N) is 2. The number of amides is 3. The van der Waals surface area contributed by atoms with Gasteiger partial charge in [-0.15, -0.1) is 11.8 Å². The van der Waals surface area contributed by atoms with Crippen molar-refractivity contribution in [2.75, 3.05) is 19.5 Å². The highest BCUT2D eigenvalue weighted by Gasteiger charge is 2.54. The summed E-state index contributed by atoms with van der Waals surface area (Å²) in [6, 6.07) is 2.05. The standard InChI is InChI=1S/C17H19N5O8S/c1-28-21-10(9-3-2-8(4-18)30-9)13(23)20-11-14(24)22-12(16(25)26)7(5-29-17(19)27)6-31-15(11)22/h2-3,11,15H,4-6,18H2,1H3,(H2,19,27)(H,20,23)(H,25,26)/t11-,15+/m1/s1. The quantitative estimate of drug-likeness (QED) is 0.213. The molecule has 0 aliphatic carbocycles. The Morgan fingerprint density at radius 1 is 1.42 bits per heavy atom. The molecule has 1 aromatic heterocycles. The lowest BCUT2D eigenvalue weighted by molar-refractivity contribution is -0.150. The van der Waals surface area contributed by atoms with Crippen LogP contribution < -0.4 is 16.8 Å². The van der Waals surface area contributed by atoms with Crippen LogP contribution >= 0.6 is 11.8 Å². The highest BCUT2D eigenvalue weighted by molar-refractivity contribution is 8.00. The Bertz CT molecular complexity index is 987. The Labute approximate surface area is 179 Å². The van der Waals surface area contributed by atoms with E-state index in [9.17, 15) is 24.3 Å². The topological polar surface area (TPSA) is 200 Å². The van der Waals surface area contributed by atoms with Crippen LogP contribution in [0.2, 0.25) is 0 Å². The molecule has 0 unspecified atom stereocenters. The van der Waals surface area contributed by atoms with E-state index >= 15 is 0 Å². The normalized spacial score (nSPS) is 20.6. The molecule has 0 radical (unpaired) electrons. The Balaban J connectivity index is 1.77. The SMILES string of the molecule is CON=C(C(=O)N[C@@H]1C(=O)N2C(C(=O)O)=C(COC(N)=O)CS[C@@H]12)c1ccc(CN)o1. The number of aliphatic carboxylic acids is 1. The summed E-state index contributed by atoms with van der Waals surface area (Å²) in [4.78, 5) is 53.6. The fourth-order valence-corrected chi connectivity index (χ4v) is 4.39. The number of hydrogen-bond acceptors (Lipinski definition) is 10. The fourth-order valence-electron chi connectivity index (χ4n) is 3.07. The molecule has 0 bridgehead atoms. The average Bonchev–Trinajstić information content (AvgIpc) is 3.21. The summed E-state index contributed by atoms with van der Waals surface area (Å²) in [5.41, 5.74) is 10.1. The molecule has 1 saturated heterocycles. The maximum absolute atomic E-state index is 12.7. The molecule has 0 aromatic carbocycles. The van der Waals surface area contributed by atoms with Gasteiger partial charge in [0.05, 0.1) is 6.54 Å². The van der Waals surface area contributed by atoms with Crippen LogP contribution in [0, 0.1) is 0 Å². The van der Waals surface area contributed by atoms with Crippen LogP contribution in [0.25, 0.3) is 0 Å². The summed E-state index contributed by atoms with van der Waals surface area (Å²) in [6.45, 7) is -0.243. The first-order valence-corrected chi connectivity index (χ1v) is 9.86. The van der Waals surface area contributed by atoms with Crippen molar-refractivity contribution in [3.05, 3.63) is 34.9 Å². The summed E-state index contributed by atoms with van der Waals surface area (Å²) in [5.74, 6) is -2.08. The molecule has 3 rings (SSSR count). The predicted octanol–water partition coefficient (Wildman–Crippen LogP) is -1.08. The number of thioether (sulfide) groups is 1. The van der Waals surface area contributed by atoms with Crippen molar-refractivity contribution < 1.29 is 38.3 Å². The lowest BCUT2D eigenvalue weighted by atomic mass is 10.0. The van der Waals surface area contributed by atoms with Gasteiger partial charge < -0.3 is 35.9 Å². The number of carboxylic acid groups (broad SMARTS) is 1. The molecule has 31 heavy (non-hydrogen) atoms. The van der Waals surface area contributed by atoms with Gasteiger partial charge in [0.1, 0.15) is 36.6 Å². The monoisotopic (exact) mass is 453 g/mol. The molecule has 1 aromatic rings. The van der Waals surface area contributed by atoms with Gasteiger partial charge in [0.25, 0.3) is 11.8 Å². The van der Waals surface area contributed by atoms with Crippen molar-refractivity contribution in [1.29, 1.82) is 0 Å². The van der Waals surface area contributed by atoms with Crippen molar-refractivity contribution in [3.8, 4) is 0 Å². The van der Waals surface area contributed by atoms with E-state index in [-0.39, 0.29) is 41.6 Å². The summed E-state index contributed by atoms with van der Waals surface area (Å²) >= 11 is 1.20. The van der Waals surface area contributed by atoms with Crippen LogP contribution in [-0.2, 0) is 30.5 Å². The van der Waals surface area contributed by atoms with Crippen LogP contribution in [0.3, 0.4) is 0 Å². The van der Waals surface area contributed by atoms with Gasteiger partial charge in [-0.25, -0.2) is 9.59 Å². The smallest absolute Gasteiger partial charge is 0.404 e. The van der Waals surface area contributed by atoms with Gasteiger partial charge >= 0.3 is 12.1 Å². The van der Waals surface area contributed by atoms with Crippen LogP contribution in [0.1, 0.15) is 11.5 Å². The minimum atomic E-state index is -1.36. The third-order valence-corrected chi connectivity index (χ3v) is 5.76. The number of primary amides is 1. The minimum absolute atomic E-state index is 0.0942. The first-order valence-electron chi connectivity index (χ1n) is 8.81. The number of carbonyl (C=O) groups excluding carboxylic acids is 3. The molecule has 1 fully saturated rings. The molecule has 2 atom stereocenters. The summed E-state index contributed by atoms with van der Waals surface area (Å²) in [5, 5.41) is 15.0. The molecule has 13 nitrogen and oxygen atoms in total. The van der Waals surface area contributed by atoms with E-state index in [0.29, 0.717) is 5.76 Å². The number of nitrogens with two attached hydrogens (primary N) is 2. The second kappa shape index (κ2) is 9.09. The number of β-lactam (4-membered cyclic amide) rings is 1. The molecule has 2 aliphatic heterocycles. The van der Waals surface area contributed by atoms with E-state index in [1.165, 1.54) is 24.9 Å². The molecule has 2 aliphatic rings. The van der Waals surface area contributed by atoms with Gasteiger partial charge in [0.15, 0.2) is 5.76 Å². The highest BCUT2D eigenvalue weighted by atomic mass is 32.2. The Morgan fingerprint density at radius 3 is 2.74 bits per heavy atom. The number of furan rings is 1. The molecule has 0 spiro atoms. The fraction of sp³-hybridized carbons (Fsp3) is 0.353. The first kappa shape index (κ1) is 22.2. The zero-order chi connectivity index (χ0) is 22.7. The Hall–Kier alpha value is -3.52. The van der Waals surface area contributed by atoms with Crippen LogP contribution in [-0.4, -0.2) is 70.5 Å². The third kappa shape index (κ3) is 4.34. The number of ether oxygens (including phenoxy) is 1. The van der Waals surface area contributed by atoms with E-state index in [0.717, 1.165) is 4.90 Å². The van der Waals surface area contributed by atoms with Crippen molar-refractivity contribution in [2.45, 2.75) is 18.0 Å². The number of oxime groups is 1. The first-order chi connectivity index (χ1) is 14.8. The maximum Gasteiger partial charge on any atom is 0.404 e. The second-order valence-electron chi connectivity index (χ2n) is 6.32. The van der Waals surface area contributed by atoms with Crippen molar-refractivity contribution in [3.63, 3.8) is 0 Å². The van der Waals surface area contributed by atoms with Gasteiger partial charge in [0, 0.05) is 11.3 Å². The predicted molar refractivity (Wildman–Crippen MR) is 105 cm³/mol. The van der Waals surface area contributed by atoms with E-state index in [4.69, 9.17) is 20.7 Å². The molecule has 14 heteroatoms. The van der Waals surface area contributed by atoms with Crippen molar-refractivity contribution >= 4 is 41.4 Å². The number of rotatable bonds is 8. The average molecular weight is 453 g/mol. The Morgan fingerprint density at radius 2 is 2.16 bits per heavy atom. The lowest BCUT2D eigenvalue weighted by Gasteiger charge is -2.49. The summed E-state index contributed by atoms with van der Waals surface area (Å²) in [6.07, 6.45) is -1.06. The van der Waals surface area contributed by atoms with Crippen LogP contribution in [0.15, 0.2) is 33.0 Å². The lowest BCUT2D eigenvalue weighted by Crippen LogP contribution is -2.71. The largest absolute Gasteiger partial charge is 0.477 e. The molecule has 166 valence electrons. The van der Waals surface area contributed by atoms with E-state index in [2.05, 4.69) is 15.2 Å². The highest BCUT2D eigenvalue weighted by Crippen LogP contribution is 2.40. The molecule has 3 heterocycles. The zero-order valence-electron chi connectivity index (χ0n) is 16.2. The zero-order valence-corrected chi connectivity index (χ0v) is 17.0. The molecule has 0 saturated carbocycles. The van der Waals surface area contributed by atoms with Gasteiger partial charge in [-0.1, -0.05) is 5.16 Å². The number of fused-ring (bicyclic) bond motifs is 1. The summed E-state index contributed by atoms with van der Waals surface area (Å²) in [7, 11) is 1.24. The van der Waals surface area contributed by atoms with Crippen molar-refractivity contribution in [2.24, 2.45) is 16.6 Å². The molecular formula is C17H19N5O8S.